The minimum Gasteiger partial charge on any atom is -0.494 e. The molecule has 3 N–H and O–H groups in total. The standard InChI is InChI=1S/C34H37N3O3/c1-26(38)36-31-18-16-27(17-19-31)24-37(20-9-21-40-32-15-8-10-28(22-32)23-34(35)39)25-33(29-11-4-2-5-12-29)30-13-6-3-7-14-30/h2-8,10-19,22,33H,9,20-21,23-25H2,1H3,(H2,35,39)(H,36,38). The number of carbonyl (C=O) groups is 2. The van der Waals surface area contributed by atoms with Crippen molar-refractivity contribution in [1.29, 1.82) is 0 Å². The van der Waals surface area contributed by atoms with Gasteiger partial charge in [0.1, 0.15) is 5.75 Å². The molecular formula is C34H37N3O3. The number of amides is 2. The van der Waals surface area contributed by atoms with Gasteiger partial charge in [-0.25, -0.2) is 0 Å². The summed E-state index contributed by atoms with van der Waals surface area (Å²) in [4.78, 5) is 25.2. The summed E-state index contributed by atoms with van der Waals surface area (Å²) in [6.45, 7) is 4.52. The van der Waals surface area contributed by atoms with Gasteiger partial charge < -0.3 is 15.8 Å². The number of hydrogen-bond acceptors (Lipinski definition) is 4. The zero-order valence-electron chi connectivity index (χ0n) is 23.0. The predicted molar refractivity (Wildman–Crippen MR) is 160 cm³/mol. The first-order valence-electron chi connectivity index (χ1n) is 13.6. The highest BCUT2D eigenvalue weighted by Gasteiger charge is 2.19. The van der Waals surface area contributed by atoms with E-state index in [-0.39, 0.29) is 24.2 Å². The monoisotopic (exact) mass is 535 g/mol. The molecule has 4 aromatic carbocycles. The molecular weight excluding hydrogens is 498 g/mol. The summed E-state index contributed by atoms with van der Waals surface area (Å²) in [6, 6.07) is 36.8. The molecule has 40 heavy (non-hydrogen) atoms. The lowest BCUT2D eigenvalue weighted by Gasteiger charge is -2.28. The Balaban J connectivity index is 1.47. The van der Waals surface area contributed by atoms with Gasteiger partial charge in [-0.1, -0.05) is 84.9 Å². The molecule has 0 fully saturated rings. The van der Waals surface area contributed by atoms with E-state index in [1.54, 1.807) is 0 Å². The Hall–Kier alpha value is -4.42. The third kappa shape index (κ3) is 9.10. The van der Waals surface area contributed by atoms with E-state index < -0.39 is 0 Å². The van der Waals surface area contributed by atoms with E-state index in [2.05, 4.69) is 83.0 Å². The average Bonchev–Trinajstić information content (AvgIpc) is 2.95. The second-order valence-electron chi connectivity index (χ2n) is 9.98. The number of anilines is 1. The van der Waals surface area contributed by atoms with Crippen molar-refractivity contribution in [3.63, 3.8) is 0 Å². The van der Waals surface area contributed by atoms with Crippen LogP contribution in [0.3, 0.4) is 0 Å². The Kier molecular flexibility index (Phi) is 10.5. The molecule has 4 rings (SSSR count). The van der Waals surface area contributed by atoms with Crippen LogP contribution in [-0.2, 0) is 22.6 Å². The quantitative estimate of drug-likeness (QED) is 0.201. The van der Waals surface area contributed by atoms with Crippen molar-refractivity contribution in [2.24, 2.45) is 5.73 Å². The molecule has 6 nitrogen and oxygen atoms in total. The average molecular weight is 536 g/mol. The molecule has 0 saturated heterocycles. The van der Waals surface area contributed by atoms with Crippen LogP contribution < -0.4 is 15.8 Å². The normalized spacial score (nSPS) is 11.0. The van der Waals surface area contributed by atoms with Gasteiger partial charge in [0.2, 0.25) is 11.8 Å². The summed E-state index contributed by atoms with van der Waals surface area (Å²) in [5, 5.41) is 2.84. The Morgan fingerprint density at radius 3 is 2.08 bits per heavy atom. The van der Waals surface area contributed by atoms with Crippen LogP contribution in [0.5, 0.6) is 5.75 Å². The molecule has 6 heteroatoms. The molecule has 0 aliphatic heterocycles. The van der Waals surface area contributed by atoms with Gasteiger partial charge in [-0.2, -0.15) is 0 Å². The number of nitrogens with two attached hydrogens (primary N) is 1. The lowest BCUT2D eigenvalue weighted by Crippen LogP contribution is -2.30. The fraction of sp³-hybridized carbons (Fsp3) is 0.235. The van der Waals surface area contributed by atoms with Crippen molar-refractivity contribution in [2.45, 2.75) is 32.2 Å². The van der Waals surface area contributed by atoms with Gasteiger partial charge in [-0.3, -0.25) is 14.5 Å². The maximum Gasteiger partial charge on any atom is 0.221 e. The van der Waals surface area contributed by atoms with Crippen LogP contribution in [0, 0.1) is 0 Å². The van der Waals surface area contributed by atoms with Crippen molar-refractivity contribution < 1.29 is 14.3 Å². The third-order valence-electron chi connectivity index (χ3n) is 6.69. The molecule has 0 radical (unpaired) electrons. The van der Waals surface area contributed by atoms with Gasteiger partial charge in [0.15, 0.2) is 0 Å². The molecule has 0 bridgehead atoms. The van der Waals surface area contributed by atoms with Crippen molar-refractivity contribution in [3.8, 4) is 5.75 Å². The Morgan fingerprint density at radius 2 is 1.48 bits per heavy atom. The summed E-state index contributed by atoms with van der Waals surface area (Å²) in [6.07, 6.45) is 1.03. The second-order valence-corrected chi connectivity index (χ2v) is 9.98. The first-order chi connectivity index (χ1) is 19.5. The third-order valence-corrected chi connectivity index (χ3v) is 6.69. The number of nitrogens with zero attached hydrogens (tertiary/aromatic N) is 1. The van der Waals surface area contributed by atoms with E-state index >= 15 is 0 Å². The van der Waals surface area contributed by atoms with Crippen LogP contribution in [0.25, 0.3) is 0 Å². The molecule has 0 aromatic heterocycles. The van der Waals surface area contributed by atoms with Crippen LogP contribution in [0.2, 0.25) is 0 Å². The molecule has 0 spiro atoms. The number of nitrogens with one attached hydrogen (secondary N) is 1. The van der Waals surface area contributed by atoms with Gasteiger partial charge in [0.05, 0.1) is 13.0 Å². The molecule has 4 aromatic rings. The van der Waals surface area contributed by atoms with Gasteiger partial charge >= 0.3 is 0 Å². The minimum absolute atomic E-state index is 0.0805. The van der Waals surface area contributed by atoms with Gasteiger partial charge in [0, 0.05) is 38.2 Å². The smallest absolute Gasteiger partial charge is 0.221 e. The Labute approximate surface area is 236 Å². The van der Waals surface area contributed by atoms with Crippen molar-refractivity contribution >= 4 is 17.5 Å². The fourth-order valence-corrected chi connectivity index (χ4v) is 4.85. The molecule has 0 aliphatic carbocycles. The van der Waals surface area contributed by atoms with E-state index in [4.69, 9.17) is 10.5 Å². The van der Waals surface area contributed by atoms with Crippen LogP contribution in [0.15, 0.2) is 109 Å². The van der Waals surface area contributed by atoms with E-state index in [9.17, 15) is 9.59 Å². The Morgan fingerprint density at radius 1 is 0.825 bits per heavy atom. The number of carbonyl (C=O) groups excluding carboxylic acids is 2. The lowest BCUT2D eigenvalue weighted by atomic mass is 9.90. The highest BCUT2D eigenvalue weighted by molar-refractivity contribution is 5.88. The summed E-state index contributed by atoms with van der Waals surface area (Å²) in [5.74, 6) is 0.519. The molecule has 206 valence electrons. The zero-order valence-corrected chi connectivity index (χ0v) is 23.0. The maximum absolute atomic E-state index is 11.4. The minimum atomic E-state index is -0.357. The highest BCUT2D eigenvalue weighted by atomic mass is 16.5. The molecule has 0 saturated carbocycles. The van der Waals surface area contributed by atoms with Crippen molar-refractivity contribution in [1.82, 2.24) is 4.90 Å². The largest absolute Gasteiger partial charge is 0.494 e. The van der Waals surface area contributed by atoms with E-state index in [0.29, 0.717) is 6.61 Å². The van der Waals surface area contributed by atoms with Crippen molar-refractivity contribution in [3.05, 3.63) is 131 Å². The highest BCUT2D eigenvalue weighted by Crippen LogP contribution is 2.27. The summed E-state index contributed by atoms with van der Waals surface area (Å²) in [7, 11) is 0. The van der Waals surface area contributed by atoms with E-state index in [1.165, 1.54) is 23.6 Å². The molecule has 0 unspecified atom stereocenters. The van der Waals surface area contributed by atoms with Crippen LogP contribution in [-0.4, -0.2) is 36.4 Å². The molecule has 2 amide bonds. The fourth-order valence-electron chi connectivity index (χ4n) is 4.85. The Bertz CT molecular complexity index is 1320. The summed E-state index contributed by atoms with van der Waals surface area (Å²) >= 11 is 0. The summed E-state index contributed by atoms with van der Waals surface area (Å²) < 4.78 is 6.04. The molecule has 0 aliphatic rings. The lowest BCUT2D eigenvalue weighted by molar-refractivity contribution is -0.117. The number of primary amides is 1. The topological polar surface area (TPSA) is 84.7 Å². The number of rotatable bonds is 14. The van der Waals surface area contributed by atoms with Crippen LogP contribution in [0.1, 0.15) is 41.5 Å². The van der Waals surface area contributed by atoms with E-state index in [1.807, 2.05) is 36.4 Å². The van der Waals surface area contributed by atoms with Crippen LogP contribution >= 0.6 is 0 Å². The first kappa shape index (κ1) is 28.6. The first-order valence-corrected chi connectivity index (χ1v) is 13.6. The van der Waals surface area contributed by atoms with Gasteiger partial charge in [-0.15, -0.1) is 0 Å². The zero-order chi connectivity index (χ0) is 28.2. The number of ether oxygens (including phenoxy) is 1. The maximum atomic E-state index is 11.4. The number of benzene rings is 4. The predicted octanol–water partition coefficient (Wildman–Crippen LogP) is 5.78. The second kappa shape index (κ2) is 14.7. The summed E-state index contributed by atoms with van der Waals surface area (Å²) in [5.41, 5.74) is 10.7. The van der Waals surface area contributed by atoms with E-state index in [0.717, 1.165) is 43.1 Å². The van der Waals surface area contributed by atoms with Gasteiger partial charge in [0.25, 0.3) is 0 Å². The molecule has 0 atom stereocenters. The number of hydrogen-bond donors (Lipinski definition) is 2. The van der Waals surface area contributed by atoms with Crippen LogP contribution in [0.4, 0.5) is 5.69 Å². The van der Waals surface area contributed by atoms with Crippen molar-refractivity contribution in [2.75, 3.05) is 25.0 Å². The SMILES string of the molecule is CC(=O)Nc1ccc(CN(CCCOc2cccc(CC(N)=O)c2)CC(c2ccccc2)c2ccccc2)cc1. The molecule has 0 heterocycles. The van der Waals surface area contributed by atoms with Gasteiger partial charge in [-0.05, 0) is 52.9 Å².